The fourth-order valence-electron chi connectivity index (χ4n) is 3.32. The van der Waals surface area contributed by atoms with Gasteiger partial charge >= 0.3 is 6.09 Å². The summed E-state index contributed by atoms with van der Waals surface area (Å²) in [6.45, 7) is 7.49. The van der Waals surface area contributed by atoms with Crippen LogP contribution in [-0.4, -0.2) is 54.8 Å². The average molecular weight is 376 g/mol. The maximum absolute atomic E-state index is 12.8. The van der Waals surface area contributed by atoms with Gasteiger partial charge in [-0.1, -0.05) is 12.1 Å². The van der Waals surface area contributed by atoms with Crippen molar-refractivity contribution in [1.82, 2.24) is 10.2 Å². The second-order valence-corrected chi connectivity index (χ2v) is 8.04. The zero-order valence-corrected chi connectivity index (χ0v) is 16.2. The predicted octanol–water partition coefficient (Wildman–Crippen LogP) is 2.59. The molecule has 1 aromatic rings. The number of alkyl carbamates (subject to hydrolysis) is 1. The van der Waals surface area contributed by atoms with E-state index in [4.69, 9.17) is 14.2 Å². The van der Waals surface area contributed by atoms with Crippen LogP contribution in [0.3, 0.4) is 0 Å². The number of nitrogens with zero attached hydrogens (tertiary/aromatic N) is 1. The van der Waals surface area contributed by atoms with E-state index in [9.17, 15) is 9.59 Å². The first-order valence-electron chi connectivity index (χ1n) is 9.46. The minimum Gasteiger partial charge on any atom is -0.485 e. The summed E-state index contributed by atoms with van der Waals surface area (Å²) in [5.74, 6) is 1.40. The molecule has 2 heterocycles. The lowest BCUT2D eigenvalue weighted by atomic mass is 9.97. The summed E-state index contributed by atoms with van der Waals surface area (Å²) in [5.41, 5.74) is -0.521. The number of nitrogens with one attached hydrogen (secondary N) is 1. The second kappa shape index (κ2) is 8.06. The molecule has 1 N–H and O–H groups in total. The Morgan fingerprint density at radius 3 is 2.74 bits per heavy atom. The van der Waals surface area contributed by atoms with Crippen molar-refractivity contribution < 1.29 is 23.8 Å². The van der Waals surface area contributed by atoms with Gasteiger partial charge in [0, 0.05) is 19.6 Å². The lowest BCUT2D eigenvalue weighted by molar-refractivity contribution is -0.143. The Hall–Kier alpha value is -2.44. The van der Waals surface area contributed by atoms with E-state index in [2.05, 4.69) is 5.32 Å². The molecule has 0 radical (unpaired) electrons. The number of hydrogen-bond acceptors (Lipinski definition) is 5. The Bertz CT molecular complexity index is 685. The summed E-state index contributed by atoms with van der Waals surface area (Å²) < 4.78 is 16.7. The van der Waals surface area contributed by atoms with Crippen molar-refractivity contribution in [3.05, 3.63) is 24.3 Å². The Labute approximate surface area is 160 Å². The van der Waals surface area contributed by atoms with Gasteiger partial charge in [0.25, 0.3) is 5.91 Å². The van der Waals surface area contributed by atoms with Crippen molar-refractivity contribution in [1.29, 1.82) is 0 Å². The van der Waals surface area contributed by atoms with E-state index in [0.29, 0.717) is 31.1 Å². The maximum Gasteiger partial charge on any atom is 0.407 e. The molecule has 0 spiro atoms. The van der Waals surface area contributed by atoms with Gasteiger partial charge in [0.1, 0.15) is 12.2 Å². The molecule has 3 rings (SSSR count). The first-order chi connectivity index (χ1) is 12.8. The molecule has 2 amide bonds. The van der Waals surface area contributed by atoms with Gasteiger partial charge in [-0.15, -0.1) is 0 Å². The quantitative estimate of drug-likeness (QED) is 0.877. The van der Waals surface area contributed by atoms with Gasteiger partial charge < -0.3 is 24.4 Å². The average Bonchev–Trinajstić information content (AvgIpc) is 2.64. The molecule has 2 aliphatic heterocycles. The molecule has 7 nitrogen and oxygen atoms in total. The molecule has 7 heteroatoms. The minimum absolute atomic E-state index is 0.0635. The number of fused-ring (bicyclic) bond motifs is 1. The van der Waals surface area contributed by atoms with Crippen LogP contribution in [0.2, 0.25) is 0 Å². The van der Waals surface area contributed by atoms with Crippen LogP contribution in [0.15, 0.2) is 24.3 Å². The number of amides is 2. The van der Waals surface area contributed by atoms with Crippen LogP contribution in [0.5, 0.6) is 11.5 Å². The number of carbonyl (C=O) groups excluding carboxylic acids is 2. The SMILES string of the molecule is CC(C)(C)OC(=O)NC[C@@H]1CCCN(C(=O)[C@H]2COc3ccccc3O2)C1. The topological polar surface area (TPSA) is 77.1 Å². The summed E-state index contributed by atoms with van der Waals surface area (Å²) >= 11 is 0. The molecule has 2 atom stereocenters. The third-order valence-electron chi connectivity index (χ3n) is 4.55. The Balaban J connectivity index is 1.51. The largest absolute Gasteiger partial charge is 0.485 e. The number of benzene rings is 1. The molecule has 1 saturated heterocycles. The van der Waals surface area contributed by atoms with Crippen molar-refractivity contribution in [3.8, 4) is 11.5 Å². The first kappa shape index (κ1) is 19.3. The number of rotatable bonds is 3. The number of ether oxygens (including phenoxy) is 3. The van der Waals surface area contributed by atoms with E-state index in [1.807, 2.05) is 43.9 Å². The number of hydrogen-bond donors (Lipinski definition) is 1. The van der Waals surface area contributed by atoms with E-state index < -0.39 is 17.8 Å². The van der Waals surface area contributed by atoms with E-state index in [1.165, 1.54) is 0 Å². The summed E-state index contributed by atoms with van der Waals surface area (Å²) in [6, 6.07) is 7.36. The first-order valence-corrected chi connectivity index (χ1v) is 9.46. The highest BCUT2D eigenvalue weighted by atomic mass is 16.6. The van der Waals surface area contributed by atoms with E-state index >= 15 is 0 Å². The van der Waals surface area contributed by atoms with Gasteiger partial charge in [-0.3, -0.25) is 4.79 Å². The Kier molecular flexibility index (Phi) is 5.77. The van der Waals surface area contributed by atoms with Crippen LogP contribution in [0.25, 0.3) is 0 Å². The highest BCUT2D eigenvalue weighted by Gasteiger charge is 2.33. The molecule has 27 heavy (non-hydrogen) atoms. The van der Waals surface area contributed by atoms with Gasteiger partial charge in [0.2, 0.25) is 6.10 Å². The number of para-hydroxylation sites is 2. The molecule has 1 fully saturated rings. The van der Waals surface area contributed by atoms with Gasteiger partial charge in [-0.2, -0.15) is 0 Å². The molecule has 0 unspecified atom stereocenters. The van der Waals surface area contributed by atoms with Crippen LogP contribution in [-0.2, 0) is 9.53 Å². The fourth-order valence-corrected chi connectivity index (χ4v) is 3.32. The highest BCUT2D eigenvalue weighted by Crippen LogP contribution is 2.31. The molecule has 148 valence electrons. The molecular formula is C20H28N2O5. The van der Waals surface area contributed by atoms with E-state index in [1.54, 1.807) is 6.07 Å². The molecule has 0 aliphatic carbocycles. The number of piperidine rings is 1. The second-order valence-electron chi connectivity index (χ2n) is 8.04. The molecule has 0 bridgehead atoms. The fraction of sp³-hybridized carbons (Fsp3) is 0.600. The summed E-state index contributed by atoms with van der Waals surface area (Å²) in [5, 5.41) is 2.81. The van der Waals surface area contributed by atoms with Crippen LogP contribution >= 0.6 is 0 Å². The van der Waals surface area contributed by atoms with Gasteiger partial charge in [-0.25, -0.2) is 4.79 Å². The van der Waals surface area contributed by atoms with Crippen LogP contribution < -0.4 is 14.8 Å². The minimum atomic E-state index is -0.627. The van der Waals surface area contributed by atoms with Gasteiger partial charge in [-0.05, 0) is 51.7 Å². The number of carbonyl (C=O) groups is 2. The molecule has 0 aromatic heterocycles. The summed E-state index contributed by atoms with van der Waals surface area (Å²) in [7, 11) is 0. The maximum atomic E-state index is 12.8. The predicted molar refractivity (Wildman–Crippen MR) is 99.9 cm³/mol. The summed E-state index contributed by atoms with van der Waals surface area (Å²) in [4.78, 5) is 26.5. The van der Waals surface area contributed by atoms with Crippen molar-refractivity contribution >= 4 is 12.0 Å². The van der Waals surface area contributed by atoms with E-state index in [0.717, 1.165) is 12.8 Å². The van der Waals surface area contributed by atoms with Crippen molar-refractivity contribution in [3.63, 3.8) is 0 Å². The van der Waals surface area contributed by atoms with Gasteiger partial charge in [0.15, 0.2) is 11.5 Å². The third-order valence-corrected chi connectivity index (χ3v) is 4.55. The van der Waals surface area contributed by atoms with Crippen molar-refractivity contribution in [2.24, 2.45) is 5.92 Å². The Morgan fingerprint density at radius 2 is 2.00 bits per heavy atom. The van der Waals surface area contributed by atoms with Crippen molar-refractivity contribution in [2.45, 2.75) is 45.3 Å². The molecule has 0 saturated carbocycles. The smallest absolute Gasteiger partial charge is 0.407 e. The zero-order valence-electron chi connectivity index (χ0n) is 16.2. The standard InChI is InChI=1S/C20H28N2O5/c1-20(2,3)27-19(24)21-11-14-7-6-10-22(12-14)18(23)17-13-25-15-8-4-5-9-16(15)26-17/h4-5,8-9,14,17H,6-7,10-13H2,1-3H3,(H,21,24)/t14-,17+/m0/s1. The van der Waals surface area contributed by atoms with Crippen LogP contribution in [0, 0.1) is 5.92 Å². The summed E-state index contributed by atoms with van der Waals surface area (Å²) in [6.07, 6.45) is 0.810. The lowest BCUT2D eigenvalue weighted by Gasteiger charge is -2.36. The van der Waals surface area contributed by atoms with E-state index in [-0.39, 0.29) is 18.4 Å². The molecule has 1 aromatic carbocycles. The Morgan fingerprint density at radius 1 is 1.26 bits per heavy atom. The molecular weight excluding hydrogens is 348 g/mol. The monoisotopic (exact) mass is 376 g/mol. The van der Waals surface area contributed by atoms with Crippen LogP contribution in [0.1, 0.15) is 33.6 Å². The number of likely N-dealkylation sites (tertiary alicyclic amines) is 1. The van der Waals surface area contributed by atoms with Crippen LogP contribution in [0.4, 0.5) is 4.79 Å². The lowest BCUT2D eigenvalue weighted by Crippen LogP contribution is -2.51. The normalized spacial score (nSPS) is 22.1. The highest BCUT2D eigenvalue weighted by molar-refractivity contribution is 5.82. The van der Waals surface area contributed by atoms with Crippen molar-refractivity contribution in [2.75, 3.05) is 26.2 Å². The van der Waals surface area contributed by atoms with Gasteiger partial charge in [0.05, 0.1) is 0 Å². The zero-order chi connectivity index (χ0) is 19.4. The third kappa shape index (κ3) is 5.28. The molecule has 2 aliphatic rings.